The van der Waals surface area contributed by atoms with Crippen molar-refractivity contribution < 1.29 is 103 Å². The van der Waals surface area contributed by atoms with Gasteiger partial charge in [-0.05, 0) is 39.5 Å². The molecule has 29 N–H and O–H groups in total. The van der Waals surface area contributed by atoms with E-state index in [1.807, 2.05) is 0 Å². The minimum atomic E-state index is -2.20. The Morgan fingerprint density at radius 1 is 0.828 bits per heavy atom. The molecule has 0 radical (unpaired) electrons. The van der Waals surface area contributed by atoms with Gasteiger partial charge in [0, 0.05) is 50.0 Å². The number of thiazole rings is 2. The number of aromatic nitrogens is 6. The summed E-state index contributed by atoms with van der Waals surface area (Å²) < 4.78 is 28.8. The third-order valence-corrected chi connectivity index (χ3v) is 18.1. The molecule has 3 fully saturated rings. The number of nitrogens with one attached hydrogen (secondary N) is 7. The number of hydrogen-bond donors (Lipinski definition) is 22. The summed E-state index contributed by atoms with van der Waals surface area (Å²) >= 11 is 2.40. The second-order valence-corrected chi connectivity index (χ2v) is 25.6. The number of aliphatic hydroxyl groups excluding tert-OH is 7. The lowest BCUT2D eigenvalue weighted by molar-refractivity contribution is -0.372. The molecule has 6 heterocycles. The van der Waals surface area contributed by atoms with E-state index in [-0.39, 0.29) is 67.1 Å². The normalized spacial score (nSPS) is 24.2. The summed E-state index contributed by atoms with van der Waals surface area (Å²) in [6.45, 7) is 2.25. The molecule has 8 amide bonds. The number of rotatable bonds is 36. The van der Waals surface area contributed by atoms with Gasteiger partial charge >= 0.3 is 6.09 Å². The number of aliphatic hydroxyl groups is 8. The number of amides is 8. The molecule has 0 bridgehead atoms. The highest BCUT2D eigenvalue weighted by Crippen LogP contribution is 2.39. The molecule has 17 unspecified atom stereocenters. The minimum Gasteiger partial charge on any atom is -0.441 e. The average molecular weight is 1440 g/mol. The second kappa shape index (κ2) is 35.1. The van der Waals surface area contributed by atoms with Crippen LogP contribution in [0.5, 0.6) is 0 Å². The van der Waals surface area contributed by atoms with Gasteiger partial charge in [0.1, 0.15) is 93.8 Å². The fraction of sp³-hybridized carbons (Fsp3) is 0.607. The number of carbonyl (C=O) groups excluding carboxylic acids is 8. The van der Waals surface area contributed by atoms with Gasteiger partial charge in [0.25, 0.3) is 11.8 Å². The third-order valence-electron chi connectivity index (χ3n) is 16.2. The number of nitrogens with two attached hydrogens (primary N) is 7. The number of aromatic amines is 1. The molecule has 1 saturated carbocycles. The van der Waals surface area contributed by atoms with E-state index >= 15 is 4.79 Å². The molecule has 4 aromatic heterocycles. The number of unbranched alkanes of at least 4 members (excludes halogenated alkanes) is 1. The lowest BCUT2D eigenvalue weighted by atomic mass is 9.96. The summed E-state index contributed by atoms with van der Waals surface area (Å²) in [4.78, 5) is 136. The van der Waals surface area contributed by atoms with Gasteiger partial charge < -0.3 is 142 Å². The number of hydrogen-bond acceptors (Lipinski definition) is 32. The Morgan fingerprint density at radius 2 is 1.53 bits per heavy atom. The highest BCUT2D eigenvalue weighted by atomic mass is 32.1. The van der Waals surface area contributed by atoms with E-state index in [1.165, 1.54) is 38.3 Å². The number of primary amides is 3. The van der Waals surface area contributed by atoms with Crippen LogP contribution in [0, 0.1) is 12.8 Å². The van der Waals surface area contributed by atoms with Gasteiger partial charge in [0.05, 0.1) is 78.4 Å². The minimum absolute atomic E-state index is 0.00935. The SMILES string of the molecule is Cc1c(N)nc(C(CC(N)=O)NC[C@H](N)C(N)=O)nc1C(=O)NC(C(=O)NC(C)C(O)C(C)C(=O)NC(C(=O)NCCc1nc(-c2ncc(C(=O)NCCCCN=C(N)N)s2)cs1)C1(O)CC1)C(OC1OC(CO)C(O)C(O)C1OC1OC(CO)C(O)C(OC(N)=O)C1O)c1cnc[nH]1. The fourth-order valence-corrected chi connectivity index (χ4v) is 12.0. The molecule has 18 atom stereocenters. The van der Waals surface area contributed by atoms with Crippen molar-refractivity contribution in [2.24, 2.45) is 45.3 Å². The number of anilines is 1. The van der Waals surface area contributed by atoms with Gasteiger partial charge in [-0.1, -0.05) is 6.92 Å². The van der Waals surface area contributed by atoms with Gasteiger partial charge in [0.2, 0.25) is 29.5 Å². The number of guanidine groups is 1. The Kier molecular flexibility index (Phi) is 27.6. The van der Waals surface area contributed by atoms with Gasteiger partial charge in [-0.2, -0.15) is 0 Å². The Bertz CT molecular complexity index is 3470. The Balaban J connectivity index is 1.12. The summed E-state index contributed by atoms with van der Waals surface area (Å²) in [5.41, 5.74) is 36.8. The van der Waals surface area contributed by atoms with Crippen molar-refractivity contribution in [2.45, 2.75) is 169 Å². The topological polar surface area (TPSA) is 691 Å². The van der Waals surface area contributed by atoms with Crippen molar-refractivity contribution in [1.82, 2.24) is 61.8 Å². The predicted octanol–water partition coefficient (Wildman–Crippen LogP) is -8.77. The van der Waals surface area contributed by atoms with Crippen LogP contribution in [-0.4, -0.2) is 261 Å². The summed E-state index contributed by atoms with van der Waals surface area (Å²) in [7, 11) is 0. The van der Waals surface area contributed by atoms with E-state index in [0.29, 0.717) is 46.5 Å². The first-order valence-electron chi connectivity index (χ1n) is 30.9. The molecule has 99 heavy (non-hydrogen) atoms. The maximum absolute atomic E-state index is 15.2. The number of H-pyrrole nitrogens is 1. The van der Waals surface area contributed by atoms with E-state index < -0.39 is 182 Å². The number of carbonyl (C=O) groups is 8. The van der Waals surface area contributed by atoms with Crippen molar-refractivity contribution in [1.29, 1.82) is 0 Å². The molecule has 3 aliphatic rings. The number of aliphatic imine (C=N–C) groups is 1. The molecule has 43 heteroatoms. The molecule has 41 nitrogen and oxygen atoms in total. The Morgan fingerprint density at radius 3 is 2.16 bits per heavy atom. The predicted molar refractivity (Wildman–Crippen MR) is 342 cm³/mol. The van der Waals surface area contributed by atoms with Crippen LogP contribution in [0.1, 0.15) is 100 Å². The van der Waals surface area contributed by atoms with E-state index in [9.17, 15) is 74.4 Å². The third kappa shape index (κ3) is 20.4. The molecule has 0 spiro atoms. The van der Waals surface area contributed by atoms with Crippen LogP contribution in [0.25, 0.3) is 10.7 Å². The highest BCUT2D eigenvalue weighted by Gasteiger charge is 2.55. The van der Waals surface area contributed by atoms with Crippen LogP contribution >= 0.6 is 22.7 Å². The van der Waals surface area contributed by atoms with E-state index in [0.717, 1.165) is 23.9 Å². The molecule has 4 aromatic rings. The quantitative estimate of drug-likeness (QED) is 0.0114. The molecule has 546 valence electrons. The first-order chi connectivity index (χ1) is 46.9. The lowest BCUT2D eigenvalue weighted by Gasteiger charge is -2.47. The maximum Gasteiger partial charge on any atom is 0.404 e. The van der Waals surface area contributed by atoms with E-state index in [1.54, 1.807) is 5.38 Å². The number of ether oxygens (including phenoxy) is 5. The first kappa shape index (κ1) is 78.0. The Labute approximate surface area is 571 Å². The summed E-state index contributed by atoms with van der Waals surface area (Å²) in [5.74, 6) is -8.67. The zero-order valence-electron chi connectivity index (χ0n) is 53.6. The van der Waals surface area contributed by atoms with Gasteiger partial charge in [0.15, 0.2) is 24.6 Å². The standard InChI is InChI=1S/C56H84N20O21S2/c1-20-32(73-45(76-43(20)59)24(12-30(58)79)68-13-23(57)44(60)85)48(88)74-33(39(25-14-64-19-70-25)95-53-41(37(83)35(81)27(16-77)94-53)96-52-38(84)40(97-55(63)91)36(82)28(17-78)93-52)49(89)71-22(3)34(80)21(2)46(86)75-42(56(92)7-8-56)50(90)66-11-6-31-72-26(18-98-31)51-69-15-29(99-51)47(87)65-9-4-5-10-67-54(61)62/h14-15,18-19,21-24,27-28,33-42,52-53,68,77-78,80-84,92H,4-13,16-17,57H2,1-3H3,(H2,58,79)(H2,60,85)(H2,63,91)(H,64,70)(H,65,87)(H,66,90)(H,71,89)(H,74,88)(H,75,86)(H2,59,73,76)(H4,61,62,67)/t21?,22?,23-,24?,27?,28?,33?,34?,35?,36?,37?,38?,39?,40?,41?,42?,52?,53?/m0/s1. The van der Waals surface area contributed by atoms with Crippen LogP contribution in [-0.2, 0) is 54.1 Å². The smallest absolute Gasteiger partial charge is 0.404 e. The van der Waals surface area contributed by atoms with Crippen molar-refractivity contribution >= 4 is 81.9 Å². The molecule has 0 aromatic carbocycles. The van der Waals surface area contributed by atoms with Crippen LogP contribution in [0.4, 0.5) is 10.6 Å². The van der Waals surface area contributed by atoms with Crippen LogP contribution in [0.15, 0.2) is 29.1 Å². The van der Waals surface area contributed by atoms with Gasteiger partial charge in [-0.3, -0.25) is 38.6 Å². The number of nitrogens with zero attached hydrogens (tertiary/aromatic N) is 6. The van der Waals surface area contributed by atoms with Crippen molar-refractivity contribution in [3.05, 3.63) is 56.8 Å². The fourth-order valence-electron chi connectivity index (χ4n) is 10.3. The van der Waals surface area contributed by atoms with Crippen molar-refractivity contribution in [3.63, 3.8) is 0 Å². The molecule has 1 aliphatic carbocycles. The van der Waals surface area contributed by atoms with Gasteiger partial charge in [-0.15, -0.1) is 22.7 Å². The zero-order chi connectivity index (χ0) is 72.7. The zero-order valence-corrected chi connectivity index (χ0v) is 55.2. The monoisotopic (exact) mass is 1440 g/mol. The summed E-state index contributed by atoms with van der Waals surface area (Å²) in [6.07, 6.45) is -20.7. The van der Waals surface area contributed by atoms with Crippen molar-refractivity contribution in [3.8, 4) is 10.7 Å². The lowest BCUT2D eigenvalue weighted by Crippen LogP contribution is -2.65. The molecular formula is C56H84N20O21S2. The van der Waals surface area contributed by atoms with Crippen LogP contribution in [0.2, 0.25) is 0 Å². The van der Waals surface area contributed by atoms with Crippen LogP contribution < -0.4 is 72.0 Å². The molecular weight excluding hydrogens is 1350 g/mol. The van der Waals surface area contributed by atoms with E-state index in [2.05, 4.69) is 66.8 Å². The van der Waals surface area contributed by atoms with E-state index in [4.69, 9.17) is 63.8 Å². The number of nitrogen functional groups attached to an aromatic ring is 1. The largest absolute Gasteiger partial charge is 0.441 e. The molecule has 2 aliphatic heterocycles. The highest BCUT2D eigenvalue weighted by molar-refractivity contribution is 7.17. The maximum atomic E-state index is 15.2. The first-order valence-corrected chi connectivity index (χ1v) is 32.6. The Hall–Kier alpha value is -8.38. The average Bonchev–Trinajstić information content (AvgIpc) is 1.56. The molecule has 7 rings (SSSR count). The molecule has 2 saturated heterocycles. The summed E-state index contributed by atoms with van der Waals surface area (Å²) in [6, 6.07) is -7.82. The van der Waals surface area contributed by atoms with Crippen molar-refractivity contribution in [2.75, 3.05) is 45.1 Å². The van der Waals surface area contributed by atoms with Gasteiger partial charge in [-0.25, -0.2) is 29.7 Å². The second-order valence-electron chi connectivity index (χ2n) is 23.6. The number of imidazole rings is 1. The summed E-state index contributed by atoms with van der Waals surface area (Å²) in [5, 5.41) is 107. The van der Waals surface area contributed by atoms with Crippen LogP contribution in [0.3, 0.4) is 0 Å².